The standard InChI is InChI=1S/C23H28FN3O4/c1-15(2)21(26-22(28)17-6-4-5-7-20(17)30-3)23(29)25-16-8-9-19(18(24)14-16)27-10-12-31-13-11-27/h4-9,14-15,21H,10-13H2,1-3H3,(H,25,29)(H,26,28). The highest BCUT2D eigenvalue weighted by atomic mass is 19.1. The minimum absolute atomic E-state index is 0.184. The van der Waals surface area contributed by atoms with Crippen LogP contribution in [0.5, 0.6) is 5.75 Å². The molecule has 1 heterocycles. The van der Waals surface area contributed by atoms with Crippen molar-refractivity contribution in [3.8, 4) is 5.75 Å². The quantitative estimate of drug-likeness (QED) is 0.707. The first kappa shape index (κ1) is 22.6. The third-order valence-corrected chi connectivity index (χ3v) is 5.15. The van der Waals surface area contributed by atoms with E-state index < -0.39 is 23.7 Å². The van der Waals surface area contributed by atoms with Gasteiger partial charge >= 0.3 is 0 Å². The summed E-state index contributed by atoms with van der Waals surface area (Å²) in [5.74, 6) is -1.02. The maximum atomic E-state index is 14.6. The summed E-state index contributed by atoms with van der Waals surface area (Å²) in [5, 5.41) is 5.47. The van der Waals surface area contributed by atoms with Gasteiger partial charge in [0.1, 0.15) is 17.6 Å². The van der Waals surface area contributed by atoms with Crippen LogP contribution < -0.4 is 20.3 Å². The Morgan fingerprint density at radius 3 is 2.48 bits per heavy atom. The van der Waals surface area contributed by atoms with Crippen LogP contribution in [0, 0.1) is 11.7 Å². The first-order chi connectivity index (χ1) is 14.9. The van der Waals surface area contributed by atoms with Crippen LogP contribution in [0.25, 0.3) is 0 Å². The molecule has 0 aliphatic carbocycles. The van der Waals surface area contributed by atoms with Crippen molar-refractivity contribution in [1.29, 1.82) is 0 Å². The van der Waals surface area contributed by atoms with Crippen LogP contribution >= 0.6 is 0 Å². The van der Waals surface area contributed by atoms with Crippen molar-refractivity contribution >= 4 is 23.2 Å². The molecule has 0 spiro atoms. The fourth-order valence-electron chi connectivity index (χ4n) is 3.45. The first-order valence-corrected chi connectivity index (χ1v) is 10.3. The molecule has 1 unspecified atom stereocenters. The summed E-state index contributed by atoms with van der Waals surface area (Å²) in [6.45, 7) is 6.00. The Labute approximate surface area is 181 Å². The van der Waals surface area contributed by atoms with Gasteiger partial charge in [0, 0.05) is 18.8 Å². The van der Waals surface area contributed by atoms with E-state index in [-0.39, 0.29) is 5.92 Å². The molecule has 1 fully saturated rings. The predicted molar refractivity (Wildman–Crippen MR) is 117 cm³/mol. The van der Waals surface area contributed by atoms with Crippen molar-refractivity contribution in [2.45, 2.75) is 19.9 Å². The molecule has 1 atom stereocenters. The van der Waals surface area contributed by atoms with Crippen molar-refractivity contribution in [2.24, 2.45) is 5.92 Å². The smallest absolute Gasteiger partial charge is 0.255 e. The van der Waals surface area contributed by atoms with E-state index in [0.717, 1.165) is 0 Å². The number of methoxy groups -OCH3 is 1. The second-order valence-electron chi connectivity index (χ2n) is 7.65. The SMILES string of the molecule is COc1ccccc1C(=O)NC(C(=O)Nc1ccc(N2CCOCC2)c(F)c1)C(C)C. The molecule has 0 bridgehead atoms. The van der Waals surface area contributed by atoms with Crippen molar-refractivity contribution in [2.75, 3.05) is 43.6 Å². The molecule has 7 nitrogen and oxygen atoms in total. The van der Waals surface area contributed by atoms with Gasteiger partial charge < -0.3 is 25.0 Å². The molecule has 0 saturated carbocycles. The van der Waals surface area contributed by atoms with E-state index in [9.17, 15) is 14.0 Å². The average molecular weight is 429 g/mol. The number of amides is 2. The number of hydrogen-bond acceptors (Lipinski definition) is 5. The van der Waals surface area contributed by atoms with E-state index in [1.165, 1.54) is 13.2 Å². The number of carbonyl (C=O) groups excluding carboxylic acids is 2. The summed E-state index contributed by atoms with van der Waals surface area (Å²) >= 11 is 0. The van der Waals surface area contributed by atoms with Crippen LogP contribution in [-0.4, -0.2) is 51.3 Å². The Bertz CT molecular complexity index is 929. The number of anilines is 2. The fourth-order valence-corrected chi connectivity index (χ4v) is 3.45. The van der Waals surface area contributed by atoms with Gasteiger partial charge in [-0.25, -0.2) is 4.39 Å². The molecule has 166 valence electrons. The van der Waals surface area contributed by atoms with E-state index in [2.05, 4.69) is 10.6 Å². The van der Waals surface area contributed by atoms with E-state index in [1.807, 2.05) is 18.7 Å². The molecule has 1 aliphatic rings. The minimum Gasteiger partial charge on any atom is -0.496 e. The summed E-state index contributed by atoms with van der Waals surface area (Å²) in [5.41, 5.74) is 1.15. The number of carbonyl (C=O) groups is 2. The zero-order valence-electron chi connectivity index (χ0n) is 18.0. The van der Waals surface area contributed by atoms with Crippen molar-refractivity contribution < 1.29 is 23.5 Å². The van der Waals surface area contributed by atoms with Crippen molar-refractivity contribution in [1.82, 2.24) is 5.32 Å². The monoisotopic (exact) mass is 429 g/mol. The van der Waals surface area contributed by atoms with Crippen LogP contribution in [0.2, 0.25) is 0 Å². The highest BCUT2D eigenvalue weighted by molar-refractivity contribution is 6.02. The molecule has 3 rings (SSSR count). The summed E-state index contributed by atoms with van der Waals surface area (Å²) in [6, 6.07) is 10.6. The molecule has 31 heavy (non-hydrogen) atoms. The van der Waals surface area contributed by atoms with Gasteiger partial charge in [-0.15, -0.1) is 0 Å². The Hall–Kier alpha value is -3.13. The van der Waals surface area contributed by atoms with E-state index in [4.69, 9.17) is 9.47 Å². The van der Waals surface area contributed by atoms with E-state index in [0.29, 0.717) is 49.0 Å². The maximum Gasteiger partial charge on any atom is 0.255 e. The lowest BCUT2D eigenvalue weighted by molar-refractivity contribution is -0.118. The largest absolute Gasteiger partial charge is 0.496 e. The molecular formula is C23H28FN3O4. The number of rotatable bonds is 7. The van der Waals surface area contributed by atoms with Crippen LogP contribution in [0.1, 0.15) is 24.2 Å². The first-order valence-electron chi connectivity index (χ1n) is 10.3. The highest BCUT2D eigenvalue weighted by Gasteiger charge is 2.26. The molecule has 0 radical (unpaired) electrons. The van der Waals surface area contributed by atoms with Crippen LogP contribution in [0.3, 0.4) is 0 Å². The molecule has 1 saturated heterocycles. The van der Waals surface area contributed by atoms with Gasteiger partial charge in [0.15, 0.2) is 0 Å². The number of para-hydroxylation sites is 1. The van der Waals surface area contributed by atoms with Crippen LogP contribution in [0.15, 0.2) is 42.5 Å². The van der Waals surface area contributed by atoms with Crippen molar-refractivity contribution in [3.05, 3.63) is 53.8 Å². The lowest BCUT2D eigenvalue weighted by Crippen LogP contribution is -2.47. The molecular weight excluding hydrogens is 401 g/mol. The summed E-state index contributed by atoms with van der Waals surface area (Å²) in [7, 11) is 1.48. The molecule has 2 aromatic rings. The van der Waals surface area contributed by atoms with Crippen molar-refractivity contribution in [3.63, 3.8) is 0 Å². The average Bonchev–Trinajstić information content (AvgIpc) is 2.77. The van der Waals surface area contributed by atoms with Gasteiger partial charge in [0.25, 0.3) is 5.91 Å². The number of nitrogens with one attached hydrogen (secondary N) is 2. The number of morpholine rings is 1. The maximum absolute atomic E-state index is 14.6. The number of ether oxygens (including phenoxy) is 2. The van der Waals surface area contributed by atoms with Gasteiger partial charge in [-0.3, -0.25) is 9.59 Å². The molecule has 2 amide bonds. The number of hydrogen-bond donors (Lipinski definition) is 2. The second-order valence-corrected chi connectivity index (χ2v) is 7.65. The Morgan fingerprint density at radius 2 is 1.84 bits per heavy atom. The molecule has 0 aromatic heterocycles. The molecule has 8 heteroatoms. The fraction of sp³-hybridized carbons (Fsp3) is 0.391. The zero-order valence-corrected chi connectivity index (χ0v) is 18.0. The molecule has 2 N–H and O–H groups in total. The summed E-state index contributed by atoms with van der Waals surface area (Å²) in [4.78, 5) is 27.5. The van der Waals surface area contributed by atoms with Gasteiger partial charge in [0.2, 0.25) is 5.91 Å². The zero-order chi connectivity index (χ0) is 22.4. The summed E-state index contributed by atoms with van der Waals surface area (Å²) in [6.07, 6.45) is 0. The van der Waals surface area contributed by atoms with Gasteiger partial charge in [0.05, 0.1) is 31.6 Å². The third kappa shape index (κ3) is 5.52. The third-order valence-electron chi connectivity index (χ3n) is 5.15. The van der Waals surface area contributed by atoms with Gasteiger partial charge in [-0.2, -0.15) is 0 Å². The van der Waals surface area contributed by atoms with E-state index in [1.54, 1.807) is 36.4 Å². The topological polar surface area (TPSA) is 79.9 Å². The lowest BCUT2D eigenvalue weighted by Gasteiger charge is -2.29. The number of benzene rings is 2. The minimum atomic E-state index is -0.806. The van der Waals surface area contributed by atoms with Gasteiger partial charge in [-0.1, -0.05) is 26.0 Å². The predicted octanol–water partition coefficient (Wildman–Crippen LogP) is 3.06. The summed E-state index contributed by atoms with van der Waals surface area (Å²) < 4.78 is 25.2. The lowest BCUT2D eigenvalue weighted by atomic mass is 10.0. The van der Waals surface area contributed by atoms with E-state index >= 15 is 0 Å². The normalized spacial score (nSPS) is 14.8. The Kier molecular flexibility index (Phi) is 7.46. The van der Waals surface area contributed by atoms with Crippen LogP contribution in [-0.2, 0) is 9.53 Å². The second kappa shape index (κ2) is 10.3. The van der Waals surface area contributed by atoms with Gasteiger partial charge in [-0.05, 0) is 36.2 Å². The molecule has 1 aliphatic heterocycles. The van der Waals surface area contributed by atoms with Crippen LogP contribution in [0.4, 0.5) is 15.8 Å². The molecule has 2 aromatic carbocycles. The Balaban J connectivity index is 1.70. The Morgan fingerprint density at radius 1 is 1.13 bits per heavy atom. The highest BCUT2D eigenvalue weighted by Crippen LogP contribution is 2.24. The number of nitrogens with zero attached hydrogens (tertiary/aromatic N) is 1. The number of halogens is 1.